The van der Waals surface area contributed by atoms with E-state index in [1.165, 1.54) is 7.11 Å². The molecular formula is C14H11ClN2O3. The molecule has 0 saturated carbocycles. The molecule has 1 aromatic carbocycles. The molecule has 0 atom stereocenters. The lowest BCUT2D eigenvalue weighted by atomic mass is 10.1. The molecule has 0 aliphatic rings. The van der Waals surface area contributed by atoms with Crippen LogP contribution >= 0.6 is 11.6 Å². The van der Waals surface area contributed by atoms with Crippen molar-refractivity contribution in [2.75, 3.05) is 14.2 Å². The van der Waals surface area contributed by atoms with Gasteiger partial charge in [0.15, 0.2) is 11.5 Å². The fourth-order valence-corrected chi connectivity index (χ4v) is 2.49. The molecule has 1 N–H and O–H groups in total. The summed E-state index contributed by atoms with van der Waals surface area (Å²) in [7, 11) is 3.06. The van der Waals surface area contributed by atoms with Gasteiger partial charge in [-0.2, -0.15) is 0 Å². The first-order chi connectivity index (χ1) is 9.65. The van der Waals surface area contributed by atoms with Gasteiger partial charge in [-0.15, -0.1) is 0 Å². The average molecular weight is 291 g/mol. The lowest BCUT2D eigenvalue weighted by Gasteiger charge is -2.10. The van der Waals surface area contributed by atoms with Crippen LogP contribution in [0.25, 0.3) is 21.8 Å². The van der Waals surface area contributed by atoms with Gasteiger partial charge in [0.05, 0.1) is 24.6 Å². The molecule has 0 radical (unpaired) electrons. The predicted molar refractivity (Wildman–Crippen MR) is 78.0 cm³/mol. The van der Waals surface area contributed by atoms with Crippen LogP contribution in [-0.2, 0) is 0 Å². The van der Waals surface area contributed by atoms with E-state index in [0.717, 1.165) is 0 Å². The molecule has 2 heterocycles. The van der Waals surface area contributed by atoms with Crippen LogP contribution in [0.2, 0.25) is 5.02 Å². The number of rotatable bonds is 2. The molecule has 0 aliphatic heterocycles. The van der Waals surface area contributed by atoms with Crippen molar-refractivity contribution in [3.05, 3.63) is 39.8 Å². The van der Waals surface area contributed by atoms with Crippen LogP contribution in [0.15, 0.2) is 29.2 Å². The third-order valence-corrected chi connectivity index (χ3v) is 3.48. The van der Waals surface area contributed by atoms with Crippen LogP contribution < -0.4 is 15.0 Å². The predicted octanol–water partition coefficient (Wildman–Crippen LogP) is 2.75. The summed E-state index contributed by atoms with van der Waals surface area (Å²) in [5.74, 6) is 1.02. The Labute approximate surface area is 119 Å². The Balaban J connectivity index is 2.57. The molecule has 3 aromatic rings. The van der Waals surface area contributed by atoms with Gasteiger partial charge in [0, 0.05) is 17.0 Å². The first-order valence-corrected chi connectivity index (χ1v) is 6.25. The summed E-state index contributed by atoms with van der Waals surface area (Å²) in [6.45, 7) is 0. The van der Waals surface area contributed by atoms with E-state index in [1.807, 2.05) is 0 Å². The number of benzene rings is 1. The van der Waals surface area contributed by atoms with Gasteiger partial charge < -0.3 is 14.5 Å². The van der Waals surface area contributed by atoms with Crippen molar-refractivity contribution >= 4 is 33.4 Å². The Morgan fingerprint density at radius 1 is 1.15 bits per heavy atom. The second-order valence-electron chi connectivity index (χ2n) is 4.22. The third-order valence-electron chi connectivity index (χ3n) is 3.17. The summed E-state index contributed by atoms with van der Waals surface area (Å²) >= 11 is 6.22. The first kappa shape index (κ1) is 12.7. The highest BCUT2D eigenvalue weighted by molar-refractivity contribution is 6.37. The highest BCUT2D eigenvalue weighted by Gasteiger charge is 2.13. The number of fused-ring (bicyclic) bond motifs is 3. The van der Waals surface area contributed by atoms with Crippen molar-refractivity contribution in [3.8, 4) is 11.5 Å². The van der Waals surface area contributed by atoms with Gasteiger partial charge in [-0.3, -0.25) is 4.79 Å². The van der Waals surface area contributed by atoms with E-state index >= 15 is 0 Å². The number of aromatic nitrogens is 2. The van der Waals surface area contributed by atoms with E-state index in [9.17, 15) is 4.79 Å². The number of hydrogen-bond donors (Lipinski definition) is 1. The molecule has 3 rings (SSSR count). The number of nitrogens with zero attached hydrogens (tertiary/aromatic N) is 1. The number of pyridine rings is 2. The molecule has 5 nitrogen and oxygen atoms in total. The van der Waals surface area contributed by atoms with E-state index in [0.29, 0.717) is 38.3 Å². The third kappa shape index (κ3) is 1.78. The second-order valence-corrected chi connectivity index (χ2v) is 4.63. The van der Waals surface area contributed by atoms with Crippen molar-refractivity contribution in [2.45, 2.75) is 0 Å². The van der Waals surface area contributed by atoms with Crippen LogP contribution in [0.1, 0.15) is 0 Å². The zero-order chi connectivity index (χ0) is 14.3. The Kier molecular flexibility index (Phi) is 2.99. The van der Waals surface area contributed by atoms with Gasteiger partial charge in [-0.05, 0) is 18.2 Å². The molecule has 2 aromatic heterocycles. The number of nitrogens with one attached hydrogen (secondary N) is 1. The molecule has 0 unspecified atom stereocenters. The Bertz CT molecular complexity index is 874. The van der Waals surface area contributed by atoms with E-state index < -0.39 is 0 Å². The van der Waals surface area contributed by atoms with E-state index in [1.54, 1.807) is 31.5 Å². The summed E-state index contributed by atoms with van der Waals surface area (Å²) in [6.07, 6.45) is 1.55. The standard InChI is InChI=1S/C14H11ClN2O3/c1-19-10-5-7-8(6-11(10)20-2)14(18)17-13-12(7)9(15)3-4-16-13/h3-6H,1-2H3,(H,16,17,18). The number of methoxy groups -OCH3 is 2. The second kappa shape index (κ2) is 4.68. The smallest absolute Gasteiger partial charge is 0.257 e. The summed E-state index contributed by atoms with van der Waals surface area (Å²) in [4.78, 5) is 19.0. The molecule has 20 heavy (non-hydrogen) atoms. The highest BCUT2D eigenvalue weighted by atomic mass is 35.5. The molecule has 0 saturated heterocycles. The molecule has 0 fully saturated rings. The Morgan fingerprint density at radius 2 is 1.80 bits per heavy atom. The summed E-state index contributed by atoms with van der Waals surface area (Å²) in [5.41, 5.74) is 0.199. The molecule has 0 spiro atoms. The maximum atomic E-state index is 12.1. The van der Waals surface area contributed by atoms with Gasteiger partial charge in [0.25, 0.3) is 5.56 Å². The van der Waals surface area contributed by atoms with Crippen LogP contribution in [0.5, 0.6) is 11.5 Å². The Hall–Kier alpha value is -2.27. The van der Waals surface area contributed by atoms with Crippen LogP contribution in [-0.4, -0.2) is 24.2 Å². The number of hydrogen-bond acceptors (Lipinski definition) is 4. The number of ether oxygens (including phenoxy) is 2. The van der Waals surface area contributed by atoms with Crippen molar-refractivity contribution in [1.29, 1.82) is 0 Å². The lowest BCUT2D eigenvalue weighted by Crippen LogP contribution is -2.08. The minimum absolute atomic E-state index is 0.247. The zero-order valence-electron chi connectivity index (χ0n) is 10.9. The zero-order valence-corrected chi connectivity index (χ0v) is 11.6. The SMILES string of the molecule is COc1cc2c(=O)[nH]c3nccc(Cl)c3c2cc1OC. The highest BCUT2D eigenvalue weighted by Crippen LogP contribution is 2.35. The maximum Gasteiger partial charge on any atom is 0.257 e. The maximum absolute atomic E-state index is 12.1. The largest absolute Gasteiger partial charge is 0.493 e. The molecule has 102 valence electrons. The topological polar surface area (TPSA) is 64.2 Å². The monoisotopic (exact) mass is 290 g/mol. The van der Waals surface area contributed by atoms with Crippen molar-refractivity contribution in [3.63, 3.8) is 0 Å². The van der Waals surface area contributed by atoms with Crippen LogP contribution in [0.3, 0.4) is 0 Å². The van der Waals surface area contributed by atoms with E-state index in [4.69, 9.17) is 21.1 Å². The first-order valence-electron chi connectivity index (χ1n) is 5.88. The van der Waals surface area contributed by atoms with Gasteiger partial charge in [-0.25, -0.2) is 4.98 Å². The quantitative estimate of drug-likeness (QED) is 0.737. The molecule has 0 bridgehead atoms. The van der Waals surface area contributed by atoms with E-state index in [-0.39, 0.29) is 5.56 Å². The number of aromatic amines is 1. The summed E-state index contributed by atoms with van der Waals surface area (Å²) < 4.78 is 10.5. The van der Waals surface area contributed by atoms with Gasteiger partial charge in [0.1, 0.15) is 5.65 Å². The normalized spacial score (nSPS) is 10.9. The number of halogens is 1. The molecule has 0 aliphatic carbocycles. The average Bonchev–Trinajstić information content (AvgIpc) is 2.46. The molecule has 0 amide bonds. The van der Waals surface area contributed by atoms with Gasteiger partial charge in [-0.1, -0.05) is 11.6 Å². The minimum Gasteiger partial charge on any atom is -0.493 e. The van der Waals surface area contributed by atoms with Crippen LogP contribution in [0.4, 0.5) is 0 Å². The van der Waals surface area contributed by atoms with Crippen LogP contribution in [0, 0.1) is 0 Å². The summed E-state index contributed by atoms with van der Waals surface area (Å²) in [6, 6.07) is 5.05. The van der Waals surface area contributed by atoms with Crippen molar-refractivity contribution in [1.82, 2.24) is 9.97 Å². The van der Waals surface area contributed by atoms with Crippen molar-refractivity contribution in [2.24, 2.45) is 0 Å². The molecular weight excluding hydrogens is 280 g/mol. The number of H-pyrrole nitrogens is 1. The van der Waals surface area contributed by atoms with Gasteiger partial charge >= 0.3 is 0 Å². The van der Waals surface area contributed by atoms with Crippen molar-refractivity contribution < 1.29 is 9.47 Å². The lowest BCUT2D eigenvalue weighted by molar-refractivity contribution is 0.356. The fourth-order valence-electron chi connectivity index (χ4n) is 2.24. The van der Waals surface area contributed by atoms with Gasteiger partial charge in [0.2, 0.25) is 0 Å². The summed E-state index contributed by atoms with van der Waals surface area (Å²) in [5, 5.41) is 2.36. The van der Waals surface area contributed by atoms with E-state index in [2.05, 4.69) is 9.97 Å². The fraction of sp³-hybridized carbons (Fsp3) is 0.143. The Morgan fingerprint density at radius 3 is 2.45 bits per heavy atom. The molecule has 6 heteroatoms. The minimum atomic E-state index is -0.247.